The minimum absolute atomic E-state index is 0.152. The molecule has 130 valence electrons. The largest absolute Gasteiger partial charge is 0.445 e. The van der Waals surface area contributed by atoms with Crippen LogP contribution in [0.4, 0.5) is 4.79 Å². The molecule has 0 aliphatic carbocycles. The van der Waals surface area contributed by atoms with Gasteiger partial charge in [-0.15, -0.1) is 6.58 Å². The van der Waals surface area contributed by atoms with Crippen LogP contribution in [0, 0.1) is 0 Å². The lowest BCUT2D eigenvalue weighted by Crippen LogP contribution is -2.48. The number of ether oxygens (including phenoxy) is 1. The van der Waals surface area contributed by atoms with Crippen LogP contribution in [-0.4, -0.2) is 24.6 Å². The number of rotatable bonds is 8. The number of hydrogen-bond donors (Lipinski definition) is 2. The second-order valence-electron chi connectivity index (χ2n) is 5.48. The molecule has 0 radical (unpaired) electrons. The molecule has 0 unspecified atom stereocenters. The summed E-state index contributed by atoms with van der Waals surface area (Å²) in [5, 5.41) is 5.34. The Morgan fingerprint density at radius 3 is 2.20 bits per heavy atom. The Hall–Kier alpha value is -3.08. The summed E-state index contributed by atoms with van der Waals surface area (Å²) in [4.78, 5) is 24.3. The molecule has 0 aliphatic heterocycles. The van der Waals surface area contributed by atoms with Crippen molar-refractivity contribution < 1.29 is 14.3 Å². The van der Waals surface area contributed by atoms with Crippen LogP contribution < -0.4 is 10.6 Å². The van der Waals surface area contributed by atoms with E-state index in [1.54, 1.807) is 6.08 Å². The molecule has 0 aromatic heterocycles. The van der Waals surface area contributed by atoms with Crippen molar-refractivity contribution in [3.63, 3.8) is 0 Å². The number of carbonyl (C=O) groups excluding carboxylic acids is 2. The molecule has 25 heavy (non-hydrogen) atoms. The normalized spacial score (nSPS) is 11.2. The maximum Gasteiger partial charge on any atom is 0.408 e. The maximum atomic E-state index is 12.3. The van der Waals surface area contributed by atoms with Gasteiger partial charge in [0.1, 0.15) is 12.6 Å². The highest BCUT2D eigenvalue weighted by Gasteiger charge is 2.21. The molecule has 0 fully saturated rings. The van der Waals surface area contributed by atoms with E-state index >= 15 is 0 Å². The first-order valence-corrected chi connectivity index (χ1v) is 8.09. The van der Waals surface area contributed by atoms with Crippen LogP contribution in [0.1, 0.15) is 11.1 Å². The minimum atomic E-state index is -0.717. The molecule has 5 heteroatoms. The molecule has 2 rings (SSSR count). The van der Waals surface area contributed by atoms with Crippen LogP contribution in [0.5, 0.6) is 0 Å². The molecular formula is C20H22N2O3. The molecule has 5 nitrogen and oxygen atoms in total. The zero-order valence-electron chi connectivity index (χ0n) is 14.0. The lowest BCUT2D eigenvalue weighted by atomic mass is 10.1. The van der Waals surface area contributed by atoms with Crippen molar-refractivity contribution in [2.45, 2.75) is 19.1 Å². The van der Waals surface area contributed by atoms with Gasteiger partial charge in [0.05, 0.1) is 0 Å². The van der Waals surface area contributed by atoms with E-state index in [4.69, 9.17) is 4.74 Å². The van der Waals surface area contributed by atoms with Gasteiger partial charge in [0.15, 0.2) is 0 Å². The summed E-state index contributed by atoms with van der Waals surface area (Å²) in [6, 6.07) is 18.2. The molecule has 0 heterocycles. The van der Waals surface area contributed by atoms with E-state index in [-0.39, 0.29) is 12.5 Å². The zero-order valence-corrected chi connectivity index (χ0v) is 14.0. The Morgan fingerprint density at radius 1 is 1.00 bits per heavy atom. The summed E-state index contributed by atoms with van der Waals surface area (Å²) in [7, 11) is 0. The predicted octanol–water partition coefficient (Wildman–Crippen LogP) is 2.83. The third-order valence-corrected chi connectivity index (χ3v) is 3.52. The van der Waals surface area contributed by atoms with Crippen molar-refractivity contribution in [1.82, 2.24) is 10.6 Å². The Kier molecular flexibility index (Phi) is 7.25. The SMILES string of the molecule is C=CCNC(=O)[C@H](Cc1ccccc1)NC(=O)OCc1ccccc1. The van der Waals surface area contributed by atoms with Gasteiger partial charge in [-0.3, -0.25) is 4.79 Å². The van der Waals surface area contributed by atoms with E-state index in [1.165, 1.54) is 0 Å². The van der Waals surface area contributed by atoms with Gasteiger partial charge in [0.25, 0.3) is 0 Å². The highest BCUT2D eigenvalue weighted by Crippen LogP contribution is 2.05. The third-order valence-electron chi connectivity index (χ3n) is 3.52. The number of amides is 2. The van der Waals surface area contributed by atoms with Crippen molar-refractivity contribution >= 4 is 12.0 Å². The Morgan fingerprint density at radius 2 is 1.60 bits per heavy atom. The van der Waals surface area contributed by atoms with E-state index in [0.717, 1.165) is 11.1 Å². The van der Waals surface area contributed by atoms with E-state index in [2.05, 4.69) is 17.2 Å². The minimum Gasteiger partial charge on any atom is -0.445 e. The van der Waals surface area contributed by atoms with Crippen molar-refractivity contribution in [3.05, 3.63) is 84.4 Å². The van der Waals surface area contributed by atoms with Gasteiger partial charge in [-0.1, -0.05) is 66.7 Å². The standard InChI is InChI=1S/C20H22N2O3/c1-2-13-21-19(23)18(14-16-9-5-3-6-10-16)22-20(24)25-15-17-11-7-4-8-12-17/h2-12,18H,1,13-15H2,(H,21,23)(H,22,24)/t18-/m0/s1. The summed E-state index contributed by atoms with van der Waals surface area (Å²) < 4.78 is 5.20. The molecule has 0 spiro atoms. The van der Waals surface area contributed by atoms with Crippen molar-refractivity contribution in [3.8, 4) is 0 Å². The molecule has 0 saturated heterocycles. The first-order chi connectivity index (χ1) is 12.2. The van der Waals surface area contributed by atoms with E-state index in [1.807, 2.05) is 60.7 Å². The zero-order chi connectivity index (χ0) is 17.9. The summed E-state index contributed by atoms with van der Waals surface area (Å²) in [5.74, 6) is -0.277. The van der Waals surface area contributed by atoms with Crippen LogP contribution in [0.2, 0.25) is 0 Å². The summed E-state index contributed by atoms with van der Waals surface area (Å²) in [6.07, 6.45) is 1.34. The highest BCUT2D eigenvalue weighted by atomic mass is 16.5. The Bertz CT molecular complexity index is 687. The molecule has 0 saturated carbocycles. The Balaban J connectivity index is 1.95. The van der Waals surface area contributed by atoms with Gasteiger partial charge in [0.2, 0.25) is 5.91 Å². The van der Waals surface area contributed by atoms with Gasteiger partial charge in [-0.25, -0.2) is 4.79 Å². The lowest BCUT2D eigenvalue weighted by molar-refractivity contribution is -0.122. The average molecular weight is 338 g/mol. The fourth-order valence-corrected chi connectivity index (χ4v) is 2.26. The van der Waals surface area contributed by atoms with Crippen LogP contribution in [-0.2, 0) is 22.6 Å². The van der Waals surface area contributed by atoms with Gasteiger partial charge in [-0.05, 0) is 11.1 Å². The molecule has 1 atom stereocenters. The smallest absolute Gasteiger partial charge is 0.408 e. The topological polar surface area (TPSA) is 67.4 Å². The van der Waals surface area contributed by atoms with Crippen LogP contribution >= 0.6 is 0 Å². The number of alkyl carbamates (subject to hydrolysis) is 1. The fourth-order valence-electron chi connectivity index (χ4n) is 2.26. The predicted molar refractivity (Wildman–Crippen MR) is 96.9 cm³/mol. The van der Waals surface area contributed by atoms with Crippen LogP contribution in [0.25, 0.3) is 0 Å². The highest BCUT2D eigenvalue weighted by molar-refractivity contribution is 5.86. The fraction of sp³-hybridized carbons (Fsp3) is 0.200. The first kappa shape index (κ1) is 18.3. The van der Waals surface area contributed by atoms with Crippen molar-refractivity contribution in [1.29, 1.82) is 0 Å². The number of carbonyl (C=O) groups is 2. The molecule has 0 bridgehead atoms. The van der Waals surface area contributed by atoms with Gasteiger partial charge in [0, 0.05) is 13.0 Å². The van der Waals surface area contributed by atoms with Gasteiger partial charge in [-0.2, -0.15) is 0 Å². The molecule has 2 aromatic carbocycles. The second-order valence-corrected chi connectivity index (χ2v) is 5.48. The second kappa shape index (κ2) is 9.93. The van der Waals surface area contributed by atoms with E-state index < -0.39 is 12.1 Å². The van der Waals surface area contributed by atoms with Crippen LogP contribution in [0.3, 0.4) is 0 Å². The maximum absolute atomic E-state index is 12.3. The van der Waals surface area contributed by atoms with Gasteiger partial charge < -0.3 is 15.4 Å². The quantitative estimate of drug-likeness (QED) is 0.727. The number of hydrogen-bond acceptors (Lipinski definition) is 3. The van der Waals surface area contributed by atoms with Crippen molar-refractivity contribution in [2.75, 3.05) is 6.54 Å². The molecule has 2 amide bonds. The molecular weight excluding hydrogens is 316 g/mol. The van der Waals surface area contributed by atoms with Gasteiger partial charge >= 0.3 is 6.09 Å². The molecule has 0 aliphatic rings. The Labute approximate surface area is 147 Å². The summed E-state index contributed by atoms with van der Waals surface area (Å²) in [5.41, 5.74) is 1.83. The monoisotopic (exact) mass is 338 g/mol. The van der Waals surface area contributed by atoms with Crippen LogP contribution in [0.15, 0.2) is 73.3 Å². The van der Waals surface area contributed by atoms with E-state index in [0.29, 0.717) is 13.0 Å². The number of benzene rings is 2. The van der Waals surface area contributed by atoms with E-state index in [9.17, 15) is 9.59 Å². The number of nitrogens with one attached hydrogen (secondary N) is 2. The lowest BCUT2D eigenvalue weighted by Gasteiger charge is -2.18. The summed E-state index contributed by atoms with van der Waals surface area (Å²) >= 11 is 0. The first-order valence-electron chi connectivity index (χ1n) is 8.09. The van der Waals surface area contributed by atoms with Crippen molar-refractivity contribution in [2.24, 2.45) is 0 Å². The molecule has 2 N–H and O–H groups in total. The average Bonchev–Trinajstić information content (AvgIpc) is 2.65. The third kappa shape index (κ3) is 6.51. The molecule has 2 aromatic rings. The summed E-state index contributed by atoms with van der Waals surface area (Å²) in [6.45, 7) is 4.06.